The quantitative estimate of drug-likeness (QED) is 0.0396. The second-order valence-corrected chi connectivity index (χ2v) is 31.2. The Kier molecular flexibility index (Phi) is 21.5. The van der Waals surface area contributed by atoms with Crippen molar-refractivity contribution in [2.45, 2.75) is 96.5 Å². The van der Waals surface area contributed by atoms with E-state index in [0.717, 1.165) is 124 Å². The number of benzene rings is 3. The van der Waals surface area contributed by atoms with Gasteiger partial charge in [0.2, 0.25) is 0 Å². The number of β-amino-alcohol motifs (C(OH)–C–C–N with tert-alkyl or cyclic N) is 1. The first kappa shape index (κ1) is 76.9. The van der Waals surface area contributed by atoms with Crippen LogP contribution in [0.25, 0.3) is 50.7 Å². The number of ether oxygens (including phenoxy) is 1. The van der Waals surface area contributed by atoms with Crippen LogP contribution >= 0.6 is 0 Å². The normalized spacial score (nSPS) is 17.0. The van der Waals surface area contributed by atoms with E-state index in [-0.39, 0.29) is 47.3 Å². The van der Waals surface area contributed by atoms with Gasteiger partial charge in [-0.05, 0) is 171 Å². The molecule has 3 fully saturated rings. The number of carbonyl (C=O) groups excluding carboxylic acids is 3. The first-order chi connectivity index (χ1) is 55.4. The molecule has 9 aromatic heterocycles. The summed E-state index contributed by atoms with van der Waals surface area (Å²) in [5, 5.41) is 39.6. The number of rotatable bonds is 18. The zero-order valence-corrected chi connectivity index (χ0v) is 65.4. The molecule has 115 heavy (non-hydrogen) atoms. The molecule has 0 unspecified atom stereocenters. The summed E-state index contributed by atoms with van der Waals surface area (Å²) in [6, 6.07) is 32.2. The number of nitrogens with zero attached hydrogens (tertiary/aromatic N) is 15. The fourth-order valence-corrected chi connectivity index (χ4v) is 16.2. The minimum absolute atomic E-state index is 0.142. The molecular weight excluding hydrogens is 1470 g/mol. The summed E-state index contributed by atoms with van der Waals surface area (Å²) in [4.78, 5) is 79.8. The number of amides is 3. The van der Waals surface area contributed by atoms with Crippen molar-refractivity contribution in [3.05, 3.63) is 214 Å². The highest BCUT2D eigenvalue weighted by atomic mass is 19.1. The van der Waals surface area contributed by atoms with Gasteiger partial charge in [-0.15, -0.1) is 0 Å². The van der Waals surface area contributed by atoms with Gasteiger partial charge in [-0.2, -0.15) is 0 Å². The summed E-state index contributed by atoms with van der Waals surface area (Å²) < 4.78 is 52.2. The summed E-state index contributed by atoms with van der Waals surface area (Å²) in [5.74, 6) is 0.480. The van der Waals surface area contributed by atoms with Crippen molar-refractivity contribution in [1.82, 2.24) is 73.8 Å². The largest absolute Gasteiger partial charge is 0.391 e. The standard InChI is InChI=1S/C29H32FN7O2.2C28H30FN7O2/c1-29(39)9-12-36(13-10-29)23-6-7-25(34-22(23)17-35(2)3)33-21-5-4-19(20-15-32-28(38)27(20)21)24-16-31-26-14-18(30)8-11-37(24)26;1-17-16-38-11-10-35(17)23-6-7-25(33-22(23)15-34(2)3)32-21-5-4-19(20-13-31-28(37)27(20)21)24-14-30-26-12-18(29)8-9-36(24)26;1-34(2)16-22-23(35-10-3-4-18(37)15-35)7-8-25(33-22)32-21-6-5-19(20-13-31-28(38)27(20)21)24-14-30-26-12-17(29)9-11-36(24)26/h4-8,11,14,16,39H,9-10,12-13,15,17H2,1-3H3,(H,32,38)(H,33,34);4-9,12,14,17H,10-11,13,15-16H2,1-3H3,(H,31,37)(H,32,33);5-9,11-12,14,18,37H,3-4,10,13,15-16H2,1-2H3,(H,31,38)(H,32,33)/t;17-;18-/m.00/s1. The molecule has 12 aromatic rings. The van der Waals surface area contributed by atoms with Crippen molar-refractivity contribution >= 4 is 86.2 Å². The van der Waals surface area contributed by atoms with Crippen LogP contribution in [0, 0.1) is 17.5 Å². The molecule has 0 radical (unpaired) electrons. The van der Waals surface area contributed by atoms with E-state index in [0.29, 0.717) is 140 Å². The van der Waals surface area contributed by atoms with Gasteiger partial charge in [-0.1, -0.05) is 18.2 Å². The van der Waals surface area contributed by atoms with E-state index in [4.69, 9.17) is 19.7 Å². The van der Waals surface area contributed by atoms with Crippen LogP contribution in [0.3, 0.4) is 0 Å². The van der Waals surface area contributed by atoms with Gasteiger partial charge in [0.05, 0.1) is 128 Å². The molecule has 27 nitrogen and oxygen atoms in total. The second-order valence-electron chi connectivity index (χ2n) is 31.2. The van der Waals surface area contributed by atoms with Crippen molar-refractivity contribution in [2.24, 2.45) is 0 Å². The minimum Gasteiger partial charge on any atom is -0.391 e. The zero-order chi connectivity index (χ0) is 80.1. The summed E-state index contributed by atoms with van der Waals surface area (Å²) in [7, 11) is 12.1. The van der Waals surface area contributed by atoms with E-state index in [1.165, 1.54) is 36.4 Å². The van der Waals surface area contributed by atoms with E-state index in [1.54, 1.807) is 37.2 Å². The third kappa shape index (κ3) is 16.0. The predicted octanol–water partition coefficient (Wildman–Crippen LogP) is 11.3. The van der Waals surface area contributed by atoms with Crippen molar-refractivity contribution < 1.29 is 42.5 Å². The predicted molar refractivity (Wildman–Crippen MR) is 437 cm³/mol. The summed E-state index contributed by atoms with van der Waals surface area (Å²) in [5.41, 5.74) is 18.2. The topological polar surface area (TPSA) is 283 Å². The number of aliphatic hydroxyl groups excluding tert-OH is 1. The number of aliphatic hydroxyl groups is 2. The highest BCUT2D eigenvalue weighted by Crippen LogP contribution is 2.41. The molecule has 6 aliphatic rings. The molecule has 0 bridgehead atoms. The Balaban J connectivity index is 0.000000130. The number of fused-ring (bicyclic) bond motifs is 6. The number of aromatic nitrogens is 9. The minimum atomic E-state index is -0.625. The van der Waals surface area contributed by atoms with Gasteiger partial charge in [0.1, 0.15) is 51.8 Å². The van der Waals surface area contributed by atoms with Gasteiger partial charge >= 0.3 is 0 Å². The first-order valence-electron chi connectivity index (χ1n) is 38.7. The van der Waals surface area contributed by atoms with Crippen molar-refractivity contribution in [2.75, 3.05) is 119 Å². The van der Waals surface area contributed by atoms with E-state index >= 15 is 0 Å². The number of hydrogen-bond acceptors (Lipinski definition) is 21. The number of carbonyl (C=O) groups is 3. The van der Waals surface area contributed by atoms with Gasteiger partial charge in [0.15, 0.2) is 0 Å². The number of piperidine rings is 2. The second kappa shape index (κ2) is 32.1. The molecule has 0 aliphatic carbocycles. The van der Waals surface area contributed by atoms with Crippen LogP contribution in [0.15, 0.2) is 146 Å². The summed E-state index contributed by atoms with van der Waals surface area (Å²) in [6.45, 7) is 12.5. The lowest BCUT2D eigenvalue weighted by atomic mass is 9.93. The molecule has 15 heterocycles. The summed E-state index contributed by atoms with van der Waals surface area (Å²) in [6.07, 6.45) is 12.9. The maximum Gasteiger partial charge on any atom is 0.254 e. The van der Waals surface area contributed by atoms with Gasteiger partial charge in [0, 0.05) is 132 Å². The van der Waals surface area contributed by atoms with E-state index in [9.17, 15) is 37.8 Å². The maximum atomic E-state index is 13.7. The molecule has 30 heteroatoms. The molecule has 6 aliphatic heterocycles. The van der Waals surface area contributed by atoms with Gasteiger partial charge < -0.3 is 76.3 Å². The van der Waals surface area contributed by atoms with Crippen LogP contribution in [0.5, 0.6) is 0 Å². The smallest absolute Gasteiger partial charge is 0.254 e. The molecular formula is C85H92F3N21O6. The number of nitrogens with one attached hydrogen (secondary N) is 6. The van der Waals surface area contributed by atoms with E-state index in [1.807, 2.05) is 123 Å². The number of halogens is 3. The molecule has 0 saturated carbocycles. The molecule has 3 aromatic carbocycles. The Bertz CT molecular complexity index is 5730. The Hall–Kier alpha value is -12.1. The van der Waals surface area contributed by atoms with Gasteiger partial charge in [0.25, 0.3) is 17.7 Å². The monoisotopic (exact) mass is 1560 g/mol. The summed E-state index contributed by atoms with van der Waals surface area (Å²) >= 11 is 0. The molecule has 3 saturated heterocycles. The lowest BCUT2D eigenvalue weighted by molar-refractivity contribution is 0.0350. The molecule has 0 spiro atoms. The Morgan fingerprint density at radius 3 is 1.28 bits per heavy atom. The van der Waals surface area contributed by atoms with Crippen LogP contribution in [-0.4, -0.2) is 192 Å². The fraction of sp³-hybridized carbons (Fsp3) is 0.329. The Labute approximate surface area is 662 Å². The van der Waals surface area contributed by atoms with Crippen LogP contribution in [0.4, 0.5) is 64.7 Å². The molecule has 594 valence electrons. The van der Waals surface area contributed by atoms with Crippen LogP contribution in [0.2, 0.25) is 0 Å². The van der Waals surface area contributed by atoms with Gasteiger partial charge in [-0.3, -0.25) is 27.6 Å². The van der Waals surface area contributed by atoms with E-state index < -0.39 is 5.60 Å². The first-order valence-corrected chi connectivity index (χ1v) is 38.7. The number of imidazole rings is 3. The highest BCUT2D eigenvalue weighted by molar-refractivity contribution is 6.08. The highest BCUT2D eigenvalue weighted by Gasteiger charge is 2.34. The number of hydrogen-bond donors (Lipinski definition) is 8. The average Bonchev–Trinajstić information content (AvgIpc) is 1.63. The van der Waals surface area contributed by atoms with Crippen molar-refractivity contribution in [3.63, 3.8) is 0 Å². The van der Waals surface area contributed by atoms with Gasteiger partial charge in [-0.25, -0.2) is 43.1 Å². The lowest BCUT2D eigenvalue weighted by Gasteiger charge is -2.38. The Morgan fingerprint density at radius 2 is 0.896 bits per heavy atom. The fourth-order valence-electron chi connectivity index (χ4n) is 16.2. The molecule has 2 atom stereocenters. The molecule has 18 rings (SSSR count). The number of morpholine rings is 1. The van der Waals surface area contributed by atoms with Crippen LogP contribution in [0.1, 0.15) is 104 Å². The van der Waals surface area contributed by atoms with Crippen LogP contribution < -0.4 is 46.6 Å². The van der Waals surface area contributed by atoms with Crippen molar-refractivity contribution in [3.8, 4) is 33.8 Å². The van der Waals surface area contributed by atoms with E-state index in [2.05, 4.69) is 95.3 Å². The maximum absolute atomic E-state index is 13.7. The Morgan fingerprint density at radius 1 is 0.513 bits per heavy atom. The SMILES string of the molecule is CN(C)Cc1nc(Nc2ccc(-c3cnc4cc(F)ccn34)c3c2C(=O)NC3)ccc1N1CCC(C)(O)CC1.CN(C)Cc1nc(Nc2ccc(-c3cnc4cc(F)ccn34)c3c2C(=O)NC3)ccc1N1CCC[C@H](O)C1.C[C@H]1COCCN1c1ccc(Nc2ccc(-c3cnc4cc(F)ccn34)c3c2C(=O)NC3)nc1CN(C)C. The molecule has 8 N–H and O–H groups in total. The van der Waals surface area contributed by atoms with Crippen LogP contribution in [-0.2, 0) is 44.0 Å². The third-order valence-electron chi connectivity index (χ3n) is 21.8. The number of pyridine rings is 6. The zero-order valence-electron chi connectivity index (χ0n) is 65.4. The van der Waals surface area contributed by atoms with Crippen molar-refractivity contribution in [1.29, 1.82) is 0 Å². The average molecular weight is 1560 g/mol. The molecule has 3 amide bonds. The number of anilines is 9. The third-order valence-corrected chi connectivity index (χ3v) is 21.8. The lowest BCUT2D eigenvalue weighted by Crippen LogP contribution is -2.44.